The maximum absolute atomic E-state index is 15.1. The van der Waals surface area contributed by atoms with Crippen LogP contribution in [0.2, 0.25) is 0 Å². The molecule has 312 valence electrons. The van der Waals surface area contributed by atoms with Gasteiger partial charge in [0.15, 0.2) is 11.6 Å². The molecule has 0 unspecified atom stereocenters. The van der Waals surface area contributed by atoms with Crippen molar-refractivity contribution in [3.63, 3.8) is 0 Å². The predicted molar refractivity (Wildman–Crippen MR) is 225 cm³/mol. The summed E-state index contributed by atoms with van der Waals surface area (Å²) in [5.41, 5.74) is 4.45. The van der Waals surface area contributed by atoms with Gasteiger partial charge in [-0.15, -0.1) is 0 Å². The number of imide groups is 1. The number of aromatic nitrogens is 3. The Morgan fingerprint density at radius 2 is 1.63 bits per heavy atom. The molecule has 1 atom stereocenters. The first-order chi connectivity index (χ1) is 30.1. The van der Waals surface area contributed by atoms with E-state index in [1.807, 2.05) is 42.5 Å². The molecule has 14 nitrogen and oxygen atoms in total. The SMILES string of the molecule is N#Cc1c(-n2ccc(F)c2)ccc(F)c1Oc1ccc2ncn(-c3ccc(N4CC(CN5CCN(c6ccc7c(c6)CN([C@@H]6CCC(=O)NC6=O)C7=O)CC5)C4)cc3)c(=O)c2c1. The van der Waals surface area contributed by atoms with Crippen molar-refractivity contribution < 1.29 is 27.9 Å². The van der Waals surface area contributed by atoms with Gasteiger partial charge in [-0.2, -0.15) is 5.26 Å². The van der Waals surface area contributed by atoms with Gasteiger partial charge in [0.05, 0.1) is 22.3 Å². The van der Waals surface area contributed by atoms with E-state index in [9.17, 15) is 28.8 Å². The zero-order chi connectivity index (χ0) is 42.6. The van der Waals surface area contributed by atoms with Gasteiger partial charge in [0.25, 0.3) is 11.5 Å². The summed E-state index contributed by atoms with van der Waals surface area (Å²) in [6, 6.07) is 23.3. The Hall–Kier alpha value is -7.38. The Morgan fingerprint density at radius 1 is 0.855 bits per heavy atom. The van der Waals surface area contributed by atoms with E-state index in [2.05, 4.69) is 31.1 Å². The molecular formula is C46H39F2N9O5. The van der Waals surface area contributed by atoms with E-state index in [0.29, 0.717) is 35.7 Å². The molecule has 4 aromatic carbocycles. The molecule has 0 aliphatic carbocycles. The van der Waals surface area contributed by atoms with Crippen LogP contribution in [0.15, 0.2) is 102 Å². The van der Waals surface area contributed by atoms with E-state index in [4.69, 9.17) is 4.74 Å². The number of nitriles is 1. The second kappa shape index (κ2) is 15.6. The molecule has 0 radical (unpaired) electrons. The van der Waals surface area contributed by atoms with Crippen LogP contribution in [0.3, 0.4) is 0 Å². The fraction of sp³-hybridized carbons (Fsp3) is 0.261. The number of nitrogens with zero attached hydrogens (tertiary/aromatic N) is 8. The summed E-state index contributed by atoms with van der Waals surface area (Å²) in [5, 5.41) is 12.5. The summed E-state index contributed by atoms with van der Waals surface area (Å²) in [6.07, 6.45) is 4.63. The molecule has 3 fully saturated rings. The summed E-state index contributed by atoms with van der Waals surface area (Å²) in [5.74, 6) is -1.86. The van der Waals surface area contributed by atoms with Gasteiger partial charge in [0.2, 0.25) is 11.8 Å². The van der Waals surface area contributed by atoms with Crippen LogP contribution < -0.4 is 25.4 Å². The quantitative estimate of drug-likeness (QED) is 0.194. The van der Waals surface area contributed by atoms with Crippen molar-refractivity contribution in [1.29, 1.82) is 5.26 Å². The third-order valence-corrected chi connectivity index (χ3v) is 12.3. The number of amides is 3. The number of benzene rings is 4. The highest BCUT2D eigenvalue weighted by Crippen LogP contribution is 2.35. The van der Waals surface area contributed by atoms with Crippen molar-refractivity contribution in [2.45, 2.75) is 25.4 Å². The van der Waals surface area contributed by atoms with Gasteiger partial charge in [-0.3, -0.25) is 34.0 Å². The smallest absolute Gasteiger partial charge is 0.265 e. The van der Waals surface area contributed by atoms with E-state index in [1.54, 1.807) is 17.0 Å². The Labute approximate surface area is 353 Å². The van der Waals surface area contributed by atoms with E-state index in [-0.39, 0.29) is 51.9 Å². The number of hydrogen-bond acceptors (Lipinski definition) is 10. The first-order valence-corrected chi connectivity index (χ1v) is 20.5. The summed E-state index contributed by atoms with van der Waals surface area (Å²) in [4.78, 5) is 64.2. The van der Waals surface area contributed by atoms with Crippen molar-refractivity contribution >= 4 is 40.0 Å². The van der Waals surface area contributed by atoms with Gasteiger partial charge in [-0.05, 0) is 90.8 Å². The summed E-state index contributed by atoms with van der Waals surface area (Å²) in [6.45, 7) is 6.77. The van der Waals surface area contributed by atoms with Crippen molar-refractivity contribution in [2.24, 2.45) is 5.92 Å². The number of carbonyl (C=O) groups excluding carboxylic acids is 3. The Balaban J connectivity index is 0.743. The number of fused-ring (bicyclic) bond motifs is 2. The molecule has 4 aliphatic heterocycles. The number of anilines is 2. The number of hydrogen-bond donors (Lipinski definition) is 1. The van der Waals surface area contributed by atoms with E-state index in [1.165, 1.54) is 46.1 Å². The van der Waals surface area contributed by atoms with Crippen molar-refractivity contribution in [1.82, 2.24) is 29.2 Å². The van der Waals surface area contributed by atoms with Crippen LogP contribution in [-0.2, 0) is 16.1 Å². The predicted octanol–water partition coefficient (Wildman–Crippen LogP) is 5.14. The molecule has 1 N–H and O–H groups in total. The summed E-state index contributed by atoms with van der Waals surface area (Å²) in [7, 11) is 0. The third kappa shape index (κ3) is 7.09. The molecule has 6 heterocycles. The summed E-state index contributed by atoms with van der Waals surface area (Å²) < 4.78 is 37.5. The minimum absolute atomic E-state index is 0.129. The molecule has 10 rings (SSSR count). The molecule has 62 heavy (non-hydrogen) atoms. The van der Waals surface area contributed by atoms with Crippen LogP contribution in [0.4, 0.5) is 20.2 Å². The number of halogens is 2. The fourth-order valence-corrected chi connectivity index (χ4v) is 8.99. The highest BCUT2D eigenvalue weighted by Gasteiger charge is 2.39. The first-order valence-electron chi connectivity index (χ1n) is 20.5. The van der Waals surface area contributed by atoms with E-state index in [0.717, 1.165) is 68.8 Å². The normalized spacial score (nSPS) is 18.2. The number of rotatable bonds is 9. The van der Waals surface area contributed by atoms with Crippen LogP contribution in [0, 0.1) is 28.9 Å². The van der Waals surface area contributed by atoms with Gasteiger partial charge in [0, 0.05) is 94.0 Å². The van der Waals surface area contributed by atoms with Gasteiger partial charge >= 0.3 is 0 Å². The lowest BCUT2D eigenvalue weighted by Crippen LogP contribution is -2.55. The molecule has 3 amide bonds. The van der Waals surface area contributed by atoms with Crippen molar-refractivity contribution in [3.05, 3.63) is 136 Å². The Kier molecular flexibility index (Phi) is 9.75. The highest BCUT2D eigenvalue weighted by molar-refractivity contribution is 6.05. The maximum Gasteiger partial charge on any atom is 0.265 e. The lowest BCUT2D eigenvalue weighted by molar-refractivity contribution is -0.136. The molecule has 4 aliphatic rings. The van der Waals surface area contributed by atoms with Gasteiger partial charge in [-0.1, -0.05) is 0 Å². The van der Waals surface area contributed by atoms with E-state index < -0.39 is 23.6 Å². The minimum atomic E-state index is -0.787. The average molecular weight is 836 g/mol. The first kappa shape index (κ1) is 38.8. The Bertz CT molecular complexity index is 2890. The number of carbonyl (C=O) groups is 3. The number of ether oxygens (including phenoxy) is 1. The summed E-state index contributed by atoms with van der Waals surface area (Å²) >= 11 is 0. The maximum atomic E-state index is 15.1. The molecule has 0 spiro atoms. The van der Waals surface area contributed by atoms with Crippen molar-refractivity contribution in [2.75, 3.05) is 55.6 Å². The fourth-order valence-electron chi connectivity index (χ4n) is 8.99. The number of nitrogens with one attached hydrogen (secondary N) is 1. The molecule has 2 aromatic heterocycles. The lowest BCUT2D eigenvalue weighted by Gasteiger charge is -2.45. The number of piperidine rings is 1. The van der Waals surface area contributed by atoms with E-state index >= 15 is 4.39 Å². The van der Waals surface area contributed by atoms with Crippen molar-refractivity contribution in [3.8, 4) is 28.9 Å². The zero-order valence-corrected chi connectivity index (χ0v) is 33.3. The average Bonchev–Trinajstić information content (AvgIpc) is 3.85. The zero-order valence-electron chi connectivity index (χ0n) is 33.3. The molecule has 0 bridgehead atoms. The molecule has 6 aromatic rings. The molecule has 16 heteroatoms. The molecule has 0 saturated carbocycles. The van der Waals surface area contributed by atoms with Gasteiger partial charge in [0.1, 0.15) is 35.6 Å². The molecular weight excluding hydrogens is 797 g/mol. The highest BCUT2D eigenvalue weighted by atomic mass is 19.1. The monoisotopic (exact) mass is 835 g/mol. The number of piperazine rings is 1. The van der Waals surface area contributed by atoms with Crippen LogP contribution in [0.25, 0.3) is 22.3 Å². The second-order valence-corrected chi connectivity index (χ2v) is 16.1. The van der Waals surface area contributed by atoms with Gasteiger partial charge in [-0.25, -0.2) is 13.8 Å². The van der Waals surface area contributed by atoms with Crippen LogP contribution in [0.5, 0.6) is 11.5 Å². The Morgan fingerprint density at radius 3 is 2.37 bits per heavy atom. The van der Waals surface area contributed by atoms with Gasteiger partial charge < -0.3 is 24.0 Å². The van der Waals surface area contributed by atoms with Crippen LogP contribution >= 0.6 is 0 Å². The lowest BCUT2D eigenvalue weighted by atomic mass is 9.98. The van der Waals surface area contributed by atoms with Crippen LogP contribution in [0.1, 0.15) is 34.3 Å². The minimum Gasteiger partial charge on any atom is -0.453 e. The third-order valence-electron chi connectivity index (χ3n) is 12.3. The second-order valence-electron chi connectivity index (χ2n) is 16.1. The molecule has 3 saturated heterocycles. The topological polar surface area (TPSA) is 149 Å². The largest absolute Gasteiger partial charge is 0.453 e. The standard InChI is InChI=1S/C46H39F2N9O5/c47-30-13-14-54(26-30)40-10-8-38(48)43(37(40)21-49)62-34-6-9-39-36(20-34)46(61)57(27-50-39)32-3-1-31(2-4-32)55-23-28(24-55)22-52-15-17-53(18-16-52)33-5-7-35-29(19-33)25-56(45(35)60)41-11-12-42(58)51-44(41)59/h1-10,13-14,19-20,26-28,41H,11-12,15-18,22-25H2,(H,51,58,59)/t41-/m1/s1. The van der Waals surface area contributed by atoms with Crippen LogP contribution in [-0.4, -0.2) is 93.5 Å².